The molecule has 0 saturated carbocycles. The molecule has 0 aliphatic heterocycles. The number of nitrogens with one attached hydrogen (secondary N) is 2. The molecule has 1 heterocycles. The second kappa shape index (κ2) is 5.46. The molecule has 0 amide bonds. The van der Waals surface area contributed by atoms with Gasteiger partial charge in [-0.15, -0.1) is 0 Å². The van der Waals surface area contributed by atoms with Gasteiger partial charge in [0.25, 0.3) is 5.56 Å². The van der Waals surface area contributed by atoms with Crippen LogP contribution in [0.3, 0.4) is 0 Å². The van der Waals surface area contributed by atoms with E-state index >= 15 is 0 Å². The SMILES string of the molecule is Cc1[nH]c(=O)[nH]c(=O)c1-c1cccc([C@@H](C)N(C)C)c1. The van der Waals surface area contributed by atoms with E-state index < -0.39 is 5.69 Å². The lowest BCUT2D eigenvalue weighted by Crippen LogP contribution is -2.25. The summed E-state index contributed by atoms with van der Waals surface area (Å²) in [7, 11) is 4.02. The largest absolute Gasteiger partial charge is 0.325 e. The molecule has 5 heteroatoms. The van der Waals surface area contributed by atoms with Gasteiger partial charge in [-0.25, -0.2) is 4.79 Å². The standard InChI is InChI=1S/C15H19N3O2/c1-9-13(14(19)17-15(20)16-9)12-7-5-6-11(8-12)10(2)18(3)4/h5-8,10H,1-4H3,(H2,16,17,19,20)/t10-/m1/s1. The smallest absolute Gasteiger partial charge is 0.311 e. The van der Waals surface area contributed by atoms with Crippen molar-refractivity contribution in [3.8, 4) is 11.1 Å². The van der Waals surface area contributed by atoms with Gasteiger partial charge in [-0.2, -0.15) is 0 Å². The Bertz CT molecular complexity index is 728. The van der Waals surface area contributed by atoms with Crippen molar-refractivity contribution in [3.05, 3.63) is 56.4 Å². The summed E-state index contributed by atoms with van der Waals surface area (Å²) in [5, 5.41) is 0. The molecule has 2 rings (SSSR count). The summed E-state index contributed by atoms with van der Waals surface area (Å²) in [5.41, 5.74) is 2.18. The Morgan fingerprint density at radius 2 is 1.85 bits per heavy atom. The minimum absolute atomic E-state index is 0.247. The van der Waals surface area contributed by atoms with Crippen LogP contribution in [0, 0.1) is 6.92 Å². The van der Waals surface area contributed by atoms with Crippen LogP contribution in [0.1, 0.15) is 24.2 Å². The van der Waals surface area contributed by atoms with Crippen molar-refractivity contribution in [1.29, 1.82) is 0 Å². The fourth-order valence-electron chi connectivity index (χ4n) is 2.20. The van der Waals surface area contributed by atoms with Gasteiger partial charge < -0.3 is 9.88 Å². The summed E-state index contributed by atoms with van der Waals surface area (Å²) in [6, 6.07) is 8.07. The van der Waals surface area contributed by atoms with Crippen molar-refractivity contribution in [2.45, 2.75) is 19.9 Å². The number of aryl methyl sites for hydroxylation is 1. The van der Waals surface area contributed by atoms with Crippen molar-refractivity contribution in [2.75, 3.05) is 14.1 Å². The maximum atomic E-state index is 12.0. The second-order valence-electron chi connectivity index (χ2n) is 5.17. The summed E-state index contributed by atoms with van der Waals surface area (Å²) in [6.07, 6.45) is 0. The van der Waals surface area contributed by atoms with E-state index in [1.165, 1.54) is 0 Å². The molecule has 0 saturated heterocycles. The summed E-state index contributed by atoms with van der Waals surface area (Å²) >= 11 is 0. The zero-order valence-electron chi connectivity index (χ0n) is 12.2. The average Bonchev–Trinajstić information content (AvgIpc) is 2.36. The van der Waals surface area contributed by atoms with Crippen LogP contribution in [0.2, 0.25) is 0 Å². The molecule has 106 valence electrons. The van der Waals surface area contributed by atoms with Crippen LogP contribution in [0.25, 0.3) is 11.1 Å². The first kappa shape index (κ1) is 14.3. The number of aromatic nitrogens is 2. The predicted octanol–water partition coefficient (Wildman–Crippen LogP) is 1.66. The molecule has 1 aromatic carbocycles. The molecule has 0 radical (unpaired) electrons. The average molecular weight is 273 g/mol. The molecule has 2 N–H and O–H groups in total. The first-order valence-electron chi connectivity index (χ1n) is 6.50. The van der Waals surface area contributed by atoms with Crippen molar-refractivity contribution in [1.82, 2.24) is 14.9 Å². The van der Waals surface area contributed by atoms with Gasteiger partial charge in [0.2, 0.25) is 0 Å². The van der Waals surface area contributed by atoms with Gasteiger partial charge in [0.1, 0.15) is 0 Å². The highest BCUT2D eigenvalue weighted by molar-refractivity contribution is 5.65. The quantitative estimate of drug-likeness (QED) is 0.893. The van der Waals surface area contributed by atoms with Gasteiger partial charge >= 0.3 is 5.69 Å². The van der Waals surface area contributed by atoms with E-state index in [0.717, 1.165) is 11.1 Å². The zero-order chi connectivity index (χ0) is 14.9. The Kier molecular flexibility index (Phi) is 3.90. The van der Waals surface area contributed by atoms with Crippen LogP contribution >= 0.6 is 0 Å². The number of hydrogen-bond acceptors (Lipinski definition) is 3. The van der Waals surface area contributed by atoms with Gasteiger partial charge in [-0.1, -0.05) is 18.2 Å². The van der Waals surface area contributed by atoms with Crippen LogP contribution in [-0.2, 0) is 0 Å². The fraction of sp³-hybridized carbons (Fsp3) is 0.333. The summed E-state index contributed by atoms with van der Waals surface area (Å²) in [5.74, 6) is 0. The zero-order valence-corrected chi connectivity index (χ0v) is 12.2. The lowest BCUT2D eigenvalue weighted by molar-refractivity contribution is 0.321. The molecule has 0 spiro atoms. The third-order valence-electron chi connectivity index (χ3n) is 3.56. The molecule has 1 aromatic heterocycles. The highest BCUT2D eigenvalue weighted by Crippen LogP contribution is 2.23. The maximum absolute atomic E-state index is 12.0. The normalized spacial score (nSPS) is 12.7. The number of nitrogens with zero attached hydrogens (tertiary/aromatic N) is 1. The highest BCUT2D eigenvalue weighted by atomic mass is 16.2. The molecule has 0 aliphatic carbocycles. The maximum Gasteiger partial charge on any atom is 0.325 e. The molecule has 20 heavy (non-hydrogen) atoms. The van der Waals surface area contributed by atoms with Gasteiger partial charge in [0.05, 0.1) is 5.56 Å². The van der Waals surface area contributed by atoms with E-state index in [-0.39, 0.29) is 11.6 Å². The van der Waals surface area contributed by atoms with Gasteiger partial charge in [-0.3, -0.25) is 9.78 Å². The van der Waals surface area contributed by atoms with Crippen LogP contribution in [0.4, 0.5) is 0 Å². The molecule has 0 unspecified atom stereocenters. The molecule has 0 aliphatic rings. The molecule has 2 aromatic rings. The molecular formula is C15H19N3O2. The van der Waals surface area contributed by atoms with Crippen molar-refractivity contribution in [2.24, 2.45) is 0 Å². The Morgan fingerprint density at radius 1 is 1.15 bits per heavy atom. The summed E-state index contributed by atoms with van der Waals surface area (Å²) < 4.78 is 0. The predicted molar refractivity (Wildman–Crippen MR) is 80.0 cm³/mol. The van der Waals surface area contributed by atoms with Crippen LogP contribution in [0.5, 0.6) is 0 Å². The van der Waals surface area contributed by atoms with Gasteiger partial charge in [0.15, 0.2) is 0 Å². The highest BCUT2D eigenvalue weighted by Gasteiger charge is 2.12. The minimum Gasteiger partial charge on any atom is -0.311 e. The van der Waals surface area contributed by atoms with E-state index in [1.54, 1.807) is 6.92 Å². The lowest BCUT2D eigenvalue weighted by atomic mass is 10.00. The van der Waals surface area contributed by atoms with Crippen molar-refractivity contribution < 1.29 is 0 Å². The Hall–Kier alpha value is -2.14. The first-order valence-corrected chi connectivity index (χ1v) is 6.50. The van der Waals surface area contributed by atoms with Gasteiger partial charge in [-0.05, 0) is 45.1 Å². The Morgan fingerprint density at radius 3 is 2.45 bits per heavy atom. The van der Waals surface area contributed by atoms with E-state index in [4.69, 9.17) is 0 Å². The van der Waals surface area contributed by atoms with Gasteiger partial charge in [0, 0.05) is 11.7 Å². The number of hydrogen-bond donors (Lipinski definition) is 2. The second-order valence-corrected chi connectivity index (χ2v) is 5.17. The molecule has 5 nitrogen and oxygen atoms in total. The Labute approximate surface area is 117 Å². The lowest BCUT2D eigenvalue weighted by Gasteiger charge is -2.20. The van der Waals surface area contributed by atoms with E-state index in [2.05, 4.69) is 21.8 Å². The summed E-state index contributed by atoms with van der Waals surface area (Å²) in [6.45, 7) is 3.83. The molecule has 0 fully saturated rings. The van der Waals surface area contributed by atoms with E-state index in [9.17, 15) is 9.59 Å². The van der Waals surface area contributed by atoms with Crippen molar-refractivity contribution >= 4 is 0 Å². The first-order chi connectivity index (χ1) is 9.40. The number of rotatable bonds is 3. The van der Waals surface area contributed by atoms with E-state index in [1.807, 2.05) is 38.4 Å². The molecule has 0 bridgehead atoms. The Balaban J connectivity index is 2.58. The topological polar surface area (TPSA) is 69.0 Å². The molecule has 1 atom stereocenters. The number of aromatic amines is 2. The van der Waals surface area contributed by atoms with Crippen LogP contribution in [-0.4, -0.2) is 29.0 Å². The van der Waals surface area contributed by atoms with Crippen LogP contribution < -0.4 is 11.2 Å². The monoisotopic (exact) mass is 273 g/mol. The minimum atomic E-state index is -0.478. The van der Waals surface area contributed by atoms with Crippen molar-refractivity contribution in [3.63, 3.8) is 0 Å². The van der Waals surface area contributed by atoms with Crippen LogP contribution in [0.15, 0.2) is 33.9 Å². The summed E-state index contributed by atoms with van der Waals surface area (Å²) in [4.78, 5) is 30.2. The van der Waals surface area contributed by atoms with E-state index in [0.29, 0.717) is 11.3 Å². The molecular weight excluding hydrogens is 254 g/mol. The number of benzene rings is 1. The third kappa shape index (κ3) is 2.72. The third-order valence-corrected chi connectivity index (χ3v) is 3.56. The fourth-order valence-corrected chi connectivity index (χ4v) is 2.20. The number of H-pyrrole nitrogens is 2.